The molecule has 1 aromatic carbocycles. The standard InChI is InChI=1S/C19H27N3O/c1-5-20-18(23)22(19(2,3)4)15-17-12-9-13-21(17)14-16-10-7-6-8-11-16/h6-13H,5,14-15H2,1-4H3,(H,20,23). The van der Waals surface area contributed by atoms with E-state index in [4.69, 9.17) is 0 Å². The van der Waals surface area contributed by atoms with Gasteiger partial charge < -0.3 is 14.8 Å². The smallest absolute Gasteiger partial charge is 0.318 e. The topological polar surface area (TPSA) is 37.3 Å². The second-order valence-corrected chi connectivity index (χ2v) is 6.71. The summed E-state index contributed by atoms with van der Waals surface area (Å²) in [7, 11) is 0. The number of hydrogen-bond donors (Lipinski definition) is 1. The second-order valence-electron chi connectivity index (χ2n) is 6.71. The van der Waals surface area contributed by atoms with Crippen LogP contribution in [0.15, 0.2) is 48.7 Å². The monoisotopic (exact) mass is 313 g/mol. The van der Waals surface area contributed by atoms with Crippen molar-refractivity contribution < 1.29 is 4.79 Å². The predicted molar refractivity (Wildman–Crippen MR) is 94.3 cm³/mol. The number of benzene rings is 1. The van der Waals surface area contributed by atoms with Crippen LogP contribution in [0.5, 0.6) is 0 Å². The van der Waals surface area contributed by atoms with Gasteiger partial charge in [-0.1, -0.05) is 30.3 Å². The Hall–Kier alpha value is -2.23. The molecule has 4 nitrogen and oxygen atoms in total. The van der Waals surface area contributed by atoms with Crippen LogP contribution in [-0.2, 0) is 13.1 Å². The number of carbonyl (C=O) groups excluding carboxylic acids is 1. The Bertz CT molecular complexity index is 626. The summed E-state index contributed by atoms with van der Waals surface area (Å²) in [6.45, 7) is 10.2. The third kappa shape index (κ3) is 4.62. The van der Waals surface area contributed by atoms with E-state index in [1.807, 2.05) is 24.0 Å². The molecule has 0 aliphatic carbocycles. The Kier molecular flexibility index (Phi) is 5.48. The molecule has 1 N–H and O–H groups in total. The van der Waals surface area contributed by atoms with Crippen molar-refractivity contribution in [2.75, 3.05) is 6.54 Å². The van der Waals surface area contributed by atoms with Gasteiger partial charge in [0.1, 0.15) is 0 Å². The molecule has 0 atom stereocenters. The van der Waals surface area contributed by atoms with Crippen molar-refractivity contribution >= 4 is 6.03 Å². The molecule has 0 aliphatic heterocycles. The van der Waals surface area contributed by atoms with Crippen LogP contribution >= 0.6 is 0 Å². The zero-order chi connectivity index (χ0) is 16.9. The van der Waals surface area contributed by atoms with Crippen molar-refractivity contribution in [1.82, 2.24) is 14.8 Å². The molecule has 23 heavy (non-hydrogen) atoms. The molecular weight excluding hydrogens is 286 g/mol. The first kappa shape index (κ1) is 17.1. The lowest BCUT2D eigenvalue weighted by Gasteiger charge is -2.35. The highest BCUT2D eigenvalue weighted by molar-refractivity contribution is 5.74. The quantitative estimate of drug-likeness (QED) is 0.894. The number of hydrogen-bond acceptors (Lipinski definition) is 1. The first-order valence-electron chi connectivity index (χ1n) is 8.15. The maximum absolute atomic E-state index is 12.4. The van der Waals surface area contributed by atoms with E-state index in [-0.39, 0.29) is 11.6 Å². The lowest BCUT2D eigenvalue weighted by atomic mass is 10.1. The third-order valence-electron chi connectivity index (χ3n) is 3.82. The Morgan fingerprint density at radius 2 is 1.83 bits per heavy atom. The fraction of sp³-hybridized carbons (Fsp3) is 0.421. The summed E-state index contributed by atoms with van der Waals surface area (Å²) in [5.41, 5.74) is 2.15. The number of urea groups is 1. The van der Waals surface area contributed by atoms with Crippen molar-refractivity contribution in [2.45, 2.75) is 46.3 Å². The van der Waals surface area contributed by atoms with Gasteiger partial charge in [-0.3, -0.25) is 0 Å². The molecule has 2 amide bonds. The van der Waals surface area contributed by atoms with Gasteiger partial charge in [0.15, 0.2) is 0 Å². The lowest BCUT2D eigenvalue weighted by molar-refractivity contribution is 0.138. The van der Waals surface area contributed by atoms with Crippen molar-refractivity contribution in [2.24, 2.45) is 0 Å². The number of rotatable bonds is 5. The van der Waals surface area contributed by atoms with Gasteiger partial charge in [0.25, 0.3) is 0 Å². The number of carbonyl (C=O) groups is 1. The molecule has 4 heteroatoms. The summed E-state index contributed by atoms with van der Waals surface area (Å²) in [6, 6.07) is 14.5. The van der Waals surface area contributed by atoms with Gasteiger partial charge >= 0.3 is 6.03 Å². The van der Waals surface area contributed by atoms with Crippen LogP contribution in [0, 0.1) is 0 Å². The molecule has 0 saturated carbocycles. The summed E-state index contributed by atoms with van der Waals surface area (Å²) in [6.07, 6.45) is 2.07. The lowest BCUT2D eigenvalue weighted by Crippen LogP contribution is -2.50. The molecule has 0 aliphatic rings. The minimum atomic E-state index is -0.235. The molecule has 0 fully saturated rings. The van der Waals surface area contributed by atoms with Gasteiger partial charge in [0.05, 0.1) is 6.54 Å². The summed E-state index contributed by atoms with van der Waals surface area (Å²) < 4.78 is 2.20. The SMILES string of the molecule is CCNC(=O)N(Cc1cccn1Cc1ccccc1)C(C)(C)C. The molecule has 0 unspecified atom stereocenters. The summed E-state index contributed by atoms with van der Waals surface area (Å²) >= 11 is 0. The highest BCUT2D eigenvalue weighted by Crippen LogP contribution is 2.18. The largest absolute Gasteiger partial charge is 0.345 e. The Labute approximate surface area is 139 Å². The van der Waals surface area contributed by atoms with Crippen LogP contribution in [0.25, 0.3) is 0 Å². The fourth-order valence-electron chi connectivity index (χ4n) is 2.55. The van der Waals surface area contributed by atoms with E-state index in [9.17, 15) is 4.79 Å². The van der Waals surface area contributed by atoms with Gasteiger partial charge in [-0.25, -0.2) is 4.79 Å². The molecule has 0 radical (unpaired) electrons. The highest BCUT2D eigenvalue weighted by Gasteiger charge is 2.26. The maximum Gasteiger partial charge on any atom is 0.318 e. The van der Waals surface area contributed by atoms with Crippen LogP contribution in [0.4, 0.5) is 4.79 Å². The maximum atomic E-state index is 12.4. The number of amides is 2. The molecule has 0 spiro atoms. The summed E-state index contributed by atoms with van der Waals surface area (Å²) in [5.74, 6) is 0. The van der Waals surface area contributed by atoms with E-state index < -0.39 is 0 Å². The van der Waals surface area contributed by atoms with Crippen molar-refractivity contribution in [3.8, 4) is 0 Å². The fourth-order valence-corrected chi connectivity index (χ4v) is 2.55. The third-order valence-corrected chi connectivity index (χ3v) is 3.82. The first-order valence-corrected chi connectivity index (χ1v) is 8.15. The Morgan fingerprint density at radius 1 is 1.13 bits per heavy atom. The summed E-state index contributed by atoms with van der Waals surface area (Å²) in [4.78, 5) is 14.3. The molecule has 0 saturated heterocycles. The molecule has 0 bridgehead atoms. The minimum absolute atomic E-state index is 0.0209. The molecule has 1 aromatic heterocycles. The van der Waals surface area contributed by atoms with Gasteiger partial charge in [-0.2, -0.15) is 0 Å². The van der Waals surface area contributed by atoms with E-state index in [0.717, 1.165) is 12.2 Å². The van der Waals surface area contributed by atoms with Crippen LogP contribution in [0.2, 0.25) is 0 Å². The van der Waals surface area contributed by atoms with E-state index in [0.29, 0.717) is 13.1 Å². The molecule has 1 heterocycles. The zero-order valence-corrected chi connectivity index (χ0v) is 14.5. The zero-order valence-electron chi connectivity index (χ0n) is 14.5. The normalized spacial score (nSPS) is 11.3. The number of aromatic nitrogens is 1. The van der Waals surface area contributed by atoms with Crippen molar-refractivity contribution in [3.05, 3.63) is 59.9 Å². The van der Waals surface area contributed by atoms with Crippen LogP contribution < -0.4 is 5.32 Å². The second kappa shape index (κ2) is 7.36. The van der Waals surface area contributed by atoms with E-state index in [1.54, 1.807) is 0 Å². The van der Waals surface area contributed by atoms with Crippen molar-refractivity contribution in [1.29, 1.82) is 0 Å². The van der Waals surface area contributed by atoms with Gasteiger partial charge in [-0.05, 0) is 45.4 Å². The highest BCUT2D eigenvalue weighted by atomic mass is 16.2. The van der Waals surface area contributed by atoms with E-state index in [1.165, 1.54) is 5.56 Å². The summed E-state index contributed by atoms with van der Waals surface area (Å²) in [5, 5.41) is 2.91. The van der Waals surface area contributed by atoms with Gasteiger partial charge in [0, 0.05) is 30.5 Å². The van der Waals surface area contributed by atoms with Crippen molar-refractivity contribution in [3.63, 3.8) is 0 Å². The average Bonchev–Trinajstić information content (AvgIpc) is 2.92. The van der Waals surface area contributed by atoms with E-state index in [2.05, 4.69) is 67.2 Å². The van der Waals surface area contributed by atoms with Gasteiger partial charge in [-0.15, -0.1) is 0 Å². The number of nitrogens with zero attached hydrogens (tertiary/aromatic N) is 2. The predicted octanol–water partition coefficient (Wildman–Crippen LogP) is 3.87. The Balaban J connectivity index is 2.18. The van der Waals surface area contributed by atoms with E-state index >= 15 is 0 Å². The first-order chi connectivity index (χ1) is 10.9. The molecular formula is C19H27N3O. The minimum Gasteiger partial charge on any atom is -0.345 e. The molecule has 2 rings (SSSR count). The van der Waals surface area contributed by atoms with Crippen LogP contribution in [0.1, 0.15) is 39.0 Å². The Morgan fingerprint density at radius 3 is 2.43 bits per heavy atom. The van der Waals surface area contributed by atoms with Crippen LogP contribution in [0.3, 0.4) is 0 Å². The molecule has 124 valence electrons. The molecule has 2 aromatic rings. The van der Waals surface area contributed by atoms with Crippen LogP contribution in [-0.4, -0.2) is 27.6 Å². The van der Waals surface area contributed by atoms with Gasteiger partial charge in [0.2, 0.25) is 0 Å². The number of nitrogens with one attached hydrogen (secondary N) is 1. The average molecular weight is 313 g/mol.